The maximum Gasteiger partial charge on any atom is 0.141 e. The lowest BCUT2D eigenvalue weighted by Crippen LogP contribution is -2.07. The van der Waals surface area contributed by atoms with E-state index in [1.165, 1.54) is 22.3 Å². The molecule has 0 spiro atoms. The third-order valence-corrected chi connectivity index (χ3v) is 3.96. The molecule has 2 nitrogen and oxygen atoms in total. The van der Waals surface area contributed by atoms with Gasteiger partial charge in [0.2, 0.25) is 0 Å². The van der Waals surface area contributed by atoms with E-state index in [2.05, 4.69) is 32.9 Å². The third-order valence-electron chi connectivity index (χ3n) is 3.66. The summed E-state index contributed by atoms with van der Waals surface area (Å²) in [7, 11) is 0. The fourth-order valence-electron chi connectivity index (χ4n) is 2.65. The maximum absolute atomic E-state index is 6.27. The molecule has 0 aliphatic rings. The van der Waals surface area contributed by atoms with Gasteiger partial charge in [-0.05, 0) is 62.1 Å². The van der Waals surface area contributed by atoms with Crippen molar-refractivity contribution in [2.45, 2.75) is 33.8 Å². The molecular weight excluding hydrogens is 282 g/mol. The summed E-state index contributed by atoms with van der Waals surface area (Å²) < 4.78 is 6.02. The van der Waals surface area contributed by atoms with Crippen molar-refractivity contribution in [1.82, 2.24) is 0 Å². The molecule has 3 heteroatoms. The highest BCUT2D eigenvalue weighted by Crippen LogP contribution is 2.30. The van der Waals surface area contributed by atoms with Gasteiger partial charge in [-0.2, -0.15) is 0 Å². The number of nitrogens with two attached hydrogens (primary N) is 1. The highest BCUT2D eigenvalue weighted by Gasteiger charge is 2.10. The molecule has 0 aromatic heterocycles. The Bertz CT molecular complexity index is 614. The Kier molecular flexibility index (Phi) is 5.27. The van der Waals surface area contributed by atoms with Gasteiger partial charge in [0.05, 0.1) is 5.02 Å². The van der Waals surface area contributed by atoms with Crippen molar-refractivity contribution >= 4 is 11.6 Å². The van der Waals surface area contributed by atoms with Crippen LogP contribution in [-0.2, 0) is 13.0 Å². The van der Waals surface area contributed by atoms with Crippen molar-refractivity contribution in [2.75, 3.05) is 6.54 Å². The Morgan fingerprint density at radius 3 is 2.38 bits per heavy atom. The van der Waals surface area contributed by atoms with E-state index in [1.54, 1.807) is 0 Å². The first-order valence-electron chi connectivity index (χ1n) is 7.20. The first-order chi connectivity index (χ1) is 10.0. The van der Waals surface area contributed by atoms with Crippen molar-refractivity contribution in [3.8, 4) is 5.75 Å². The van der Waals surface area contributed by atoms with E-state index in [9.17, 15) is 0 Å². The van der Waals surface area contributed by atoms with Crippen molar-refractivity contribution in [2.24, 2.45) is 5.73 Å². The van der Waals surface area contributed by atoms with Gasteiger partial charge in [-0.1, -0.05) is 41.4 Å². The van der Waals surface area contributed by atoms with E-state index < -0.39 is 0 Å². The monoisotopic (exact) mass is 303 g/mol. The molecule has 0 bridgehead atoms. The summed E-state index contributed by atoms with van der Waals surface area (Å²) in [5, 5.41) is 0.642. The van der Waals surface area contributed by atoms with E-state index in [0.29, 0.717) is 18.2 Å². The lowest BCUT2D eigenvalue weighted by molar-refractivity contribution is 0.301. The van der Waals surface area contributed by atoms with Gasteiger partial charge in [0, 0.05) is 0 Å². The number of hydrogen-bond acceptors (Lipinski definition) is 2. The summed E-state index contributed by atoms with van der Waals surface area (Å²) in [5.74, 6) is 0.754. The molecule has 0 aliphatic carbocycles. The van der Waals surface area contributed by atoms with E-state index >= 15 is 0 Å². The molecule has 0 fully saturated rings. The third kappa shape index (κ3) is 3.78. The average Bonchev–Trinajstić information content (AvgIpc) is 2.40. The Hall–Kier alpha value is -1.51. The normalized spacial score (nSPS) is 10.7. The molecule has 0 atom stereocenters. The van der Waals surface area contributed by atoms with Crippen LogP contribution in [0.3, 0.4) is 0 Å². The number of ether oxygens (including phenoxy) is 1. The van der Waals surface area contributed by atoms with Crippen LogP contribution >= 0.6 is 11.6 Å². The molecule has 2 rings (SSSR count). The van der Waals surface area contributed by atoms with Crippen molar-refractivity contribution < 1.29 is 4.74 Å². The van der Waals surface area contributed by atoms with Gasteiger partial charge in [-0.25, -0.2) is 0 Å². The van der Waals surface area contributed by atoms with Gasteiger partial charge >= 0.3 is 0 Å². The predicted octanol–water partition coefficient (Wildman–Crippen LogP) is 4.35. The molecule has 112 valence electrons. The van der Waals surface area contributed by atoms with Crippen molar-refractivity contribution in [3.63, 3.8) is 0 Å². The molecule has 0 heterocycles. The molecule has 2 aromatic carbocycles. The quantitative estimate of drug-likeness (QED) is 0.891. The first-order valence-corrected chi connectivity index (χ1v) is 7.57. The van der Waals surface area contributed by atoms with Crippen LogP contribution in [0.15, 0.2) is 30.3 Å². The minimum atomic E-state index is 0.527. The molecule has 0 amide bonds. The second-order valence-electron chi connectivity index (χ2n) is 5.43. The summed E-state index contributed by atoms with van der Waals surface area (Å²) in [5.41, 5.74) is 11.7. The van der Waals surface area contributed by atoms with Gasteiger partial charge < -0.3 is 10.5 Å². The summed E-state index contributed by atoms with van der Waals surface area (Å²) >= 11 is 6.27. The molecule has 0 saturated carbocycles. The summed E-state index contributed by atoms with van der Waals surface area (Å²) in [4.78, 5) is 0. The van der Waals surface area contributed by atoms with Gasteiger partial charge in [0.1, 0.15) is 12.4 Å². The molecule has 2 N–H and O–H groups in total. The van der Waals surface area contributed by atoms with Gasteiger partial charge in [0.15, 0.2) is 0 Å². The topological polar surface area (TPSA) is 35.2 Å². The largest absolute Gasteiger partial charge is 0.487 e. The number of para-hydroxylation sites is 1. The predicted molar refractivity (Wildman–Crippen MR) is 89.2 cm³/mol. The Morgan fingerprint density at radius 1 is 1.10 bits per heavy atom. The number of benzene rings is 2. The minimum Gasteiger partial charge on any atom is -0.487 e. The molecule has 0 unspecified atom stereocenters. The van der Waals surface area contributed by atoms with Gasteiger partial charge in [-0.15, -0.1) is 0 Å². The Morgan fingerprint density at radius 2 is 1.76 bits per heavy atom. The van der Waals surface area contributed by atoms with E-state index in [1.807, 2.05) is 18.2 Å². The van der Waals surface area contributed by atoms with Crippen LogP contribution in [0.25, 0.3) is 0 Å². The second-order valence-corrected chi connectivity index (χ2v) is 5.84. The molecule has 0 radical (unpaired) electrons. The SMILES string of the molecule is Cc1cc(C)c(COc2c(Cl)cccc2CCN)c(C)c1. The van der Waals surface area contributed by atoms with E-state index in [4.69, 9.17) is 22.1 Å². The van der Waals surface area contributed by atoms with Crippen LogP contribution in [0.5, 0.6) is 5.75 Å². The average molecular weight is 304 g/mol. The van der Waals surface area contributed by atoms with E-state index in [0.717, 1.165) is 17.7 Å². The van der Waals surface area contributed by atoms with E-state index in [-0.39, 0.29) is 0 Å². The van der Waals surface area contributed by atoms with Gasteiger partial charge in [-0.3, -0.25) is 0 Å². The fourth-order valence-corrected chi connectivity index (χ4v) is 2.90. The Balaban J connectivity index is 2.25. The summed E-state index contributed by atoms with van der Waals surface area (Å²) in [6.07, 6.45) is 0.766. The molecular formula is C18H22ClNO. The standard InChI is InChI=1S/C18H22ClNO/c1-12-9-13(2)16(14(3)10-12)11-21-18-15(7-8-20)5-4-6-17(18)19/h4-6,9-10H,7-8,11,20H2,1-3H3. The molecule has 2 aromatic rings. The zero-order valence-corrected chi connectivity index (χ0v) is 13.6. The van der Waals surface area contributed by atoms with Crippen LogP contribution < -0.4 is 10.5 Å². The number of rotatable bonds is 5. The van der Waals surface area contributed by atoms with Crippen LogP contribution in [0.2, 0.25) is 5.02 Å². The zero-order chi connectivity index (χ0) is 15.4. The van der Waals surface area contributed by atoms with Crippen LogP contribution in [0.4, 0.5) is 0 Å². The van der Waals surface area contributed by atoms with Crippen LogP contribution in [-0.4, -0.2) is 6.54 Å². The highest BCUT2D eigenvalue weighted by molar-refractivity contribution is 6.32. The van der Waals surface area contributed by atoms with Crippen molar-refractivity contribution in [1.29, 1.82) is 0 Å². The molecule has 0 aliphatic heterocycles. The molecule has 0 saturated heterocycles. The first kappa shape index (κ1) is 15.9. The van der Waals surface area contributed by atoms with Gasteiger partial charge in [0.25, 0.3) is 0 Å². The smallest absolute Gasteiger partial charge is 0.141 e. The number of halogens is 1. The van der Waals surface area contributed by atoms with Crippen LogP contribution in [0, 0.1) is 20.8 Å². The van der Waals surface area contributed by atoms with Crippen LogP contribution in [0.1, 0.15) is 27.8 Å². The molecule has 21 heavy (non-hydrogen) atoms. The lowest BCUT2D eigenvalue weighted by Gasteiger charge is -2.16. The summed E-state index contributed by atoms with van der Waals surface area (Å²) in [6.45, 7) is 7.45. The number of aryl methyl sites for hydroxylation is 3. The summed E-state index contributed by atoms with van der Waals surface area (Å²) in [6, 6.07) is 10.2. The maximum atomic E-state index is 6.27. The second kappa shape index (κ2) is 6.97. The van der Waals surface area contributed by atoms with Crippen molar-refractivity contribution in [3.05, 3.63) is 63.2 Å². The Labute approximate surface area is 131 Å². The minimum absolute atomic E-state index is 0.527. The number of hydrogen-bond donors (Lipinski definition) is 1. The fraction of sp³-hybridized carbons (Fsp3) is 0.333. The highest BCUT2D eigenvalue weighted by atomic mass is 35.5. The zero-order valence-electron chi connectivity index (χ0n) is 12.9. The lowest BCUT2D eigenvalue weighted by atomic mass is 10.0.